The average molecular weight is 402 g/mol. The lowest BCUT2D eigenvalue weighted by molar-refractivity contribution is 0.168. The molecule has 0 atom stereocenters. The van der Waals surface area contributed by atoms with E-state index >= 15 is 0 Å². The van der Waals surface area contributed by atoms with Crippen molar-refractivity contribution in [3.05, 3.63) is 34.3 Å². The van der Waals surface area contributed by atoms with Gasteiger partial charge in [-0.2, -0.15) is 0 Å². The smallest absolute Gasteiger partial charge is 0.0175 e. The van der Waals surface area contributed by atoms with Crippen LogP contribution in [-0.2, 0) is 6.42 Å². The molecule has 0 aromatic heterocycles. The lowest BCUT2D eigenvalue weighted by Gasteiger charge is -2.39. The van der Waals surface area contributed by atoms with E-state index in [4.69, 9.17) is 0 Å². The van der Waals surface area contributed by atoms with Crippen molar-refractivity contribution >= 4 is 31.9 Å². The molecule has 1 aliphatic rings. The molecule has 20 heavy (non-hydrogen) atoms. The first kappa shape index (κ1) is 16.5. The molecule has 112 valence electrons. The minimum absolute atomic E-state index is 0.497. The number of alkyl halides is 1. The summed E-state index contributed by atoms with van der Waals surface area (Å²) >= 11 is 7.33. The summed E-state index contributed by atoms with van der Waals surface area (Å²) in [4.78, 5) is 0. The standard InChI is InChI=1S/C18H26Br2/c1-2-3-4-15-9-11-18(14-19,12-10-15)13-16-5-7-17(20)8-6-16/h5-8,15H,2-4,9-14H2,1H3. The largest absolute Gasteiger partial charge is 0.0922 e. The topological polar surface area (TPSA) is 0 Å². The number of hydrogen-bond acceptors (Lipinski definition) is 0. The van der Waals surface area contributed by atoms with Gasteiger partial charge in [-0.25, -0.2) is 0 Å². The number of rotatable bonds is 6. The summed E-state index contributed by atoms with van der Waals surface area (Å²) in [6.07, 6.45) is 11.1. The fourth-order valence-electron chi connectivity index (χ4n) is 3.46. The second-order valence-corrected chi connectivity index (χ2v) is 8.00. The van der Waals surface area contributed by atoms with Crippen molar-refractivity contribution in [3.63, 3.8) is 0 Å². The first-order chi connectivity index (χ1) is 9.67. The molecule has 2 heteroatoms. The van der Waals surface area contributed by atoms with Gasteiger partial charge in [0.2, 0.25) is 0 Å². The van der Waals surface area contributed by atoms with Crippen LogP contribution in [-0.4, -0.2) is 5.33 Å². The molecule has 1 aromatic carbocycles. The van der Waals surface area contributed by atoms with Gasteiger partial charge >= 0.3 is 0 Å². The molecule has 2 rings (SSSR count). The molecule has 0 N–H and O–H groups in total. The molecular weight excluding hydrogens is 376 g/mol. The van der Waals surface area contributed by atoms with Gasteiger partial charge in [0.1, 0.15) is 0 Å². The average Bonchev–Trinajstić information content (AvgIpc) is 2.49. The van der Waals surface area contributed by atoms with Crippen LogP contribution in [0.5, 0.6) is 0 Å². The minimum Gasteiger partial charge on any atom is -0.0922 e. The Morgan fingerprint density at radius 3 is 2.35 bits per heavy atom. The van der Waals surface area contributed by atoms with Crippen molar-refractivity contribution in [3.8, 4) is 0 Å². The summed E-state index contributed by atoms with van der Waals surface area (Å²) in [5.74, 6) is 0.993. The van der Waals surface area contributed by atoms with Crippen LogP contribution in [0.25, 0.3) is 0 Å². The first-order valence-electron chi connectivity index (χ1n) is 7.98. The molecule has 0 nitrogen and oxygen atoms in total. The van der Waals surface area contributed by atoms with E-state index in [1.54, 1.807) is 0 Å². The normalized spacial score (nSPS) is 26.6. The van der Waals surface area contributed by atoms with Crippen LogP contribution in [0.2, 0.25) is 0 Å². The minimum atomic E-state index is 0.497. The number of halogens is 2. The van der Waals surface area contributed by atoms with Gasteiger partial charge in [-0.15, -0.1) is 0 Å². The Kier molecular flexibility index (Phi) is 6.61. The Morgan fingerprint density at radius 2 is 1.80 bits per heavy atom. The molecule has 1 aliphatic carbocycles. The summed E-state index contributed by atoms with van der Waals surface area (Å²) in [6.45, 7) is 2.30. The quantitative estimate of drug-likeness (QED) is 0.462. The molecule has 0 radical (unpaired) electrons. The van der Waals surface area contributed by atoms with Gasteiger partial charge in [0.25, 0.3) is 0 Å². The predicted molar refractivity (Wildman–Crippen MR) is 95.6 cm³/mol. The highest BCUT2D eigenvalue weighted by Crippen LogP contribution is 2.44. The fourth-order valence-corrected chi connectivity index (χ4v) is 4.49. The molecular formula is C18H26Br2. The van der Waals surface area contributed by atoms with Crippen molar-refractivity contribution in [1.82, 2.24) is 0 Å². The highest BCUT2D eigenvalue weighted by atomic mass is 79.9. The number of unbranched alkanes of at least 4 members (excludes halogenated alkanes) is 1. The van der Waals surface area contributed by atoms with Crippen molar-refractivity contribution in [1.29, 1.82) is 0 Å². The monoisotopic (exact) mass is 400 g/mol. The van der Waals surface area contributed by atoms with Crippen molar-refractivity contribution in [2.45, 2.75) is 58.3 Å². The molecule has 0 amide bonds. The van der Waals surface area contributed by atoms with E-state index in [-0.39, 0.29) is 0 Å². The zero-order valence-electron chi connectivity index (χ0n) is 12.5. The molecule has 0 bridgehead atoms. The maximum Gasteiger partial charge on any atom is 0.0175 e. The maximum absolute atomic E-state index is 3.80. The highest BCUT2D eigenvalue weighted by molar-refractivity contribution is 9.10. The van der Waals surface area contributed by atoms with Crippen LogP contribution in [0.4, 0.5) is 0 Å². The third-order valence-electron chi connectivity index (χ3n) is 4.91. The van der Waals surface area contributed by atoms with E-state index in [0.717, 1.165) is 11.2 Å². The summed E-state index contributed by atoms with van der Waals surface area (Å²) in [7, 11) is 0. The molecule has 1 fully saturated rings. The van der Waals surface area contributed by atoms with Gasteiger partial charge in [-0.1, -0.05) is 70.2 Å². The summed E-state index contributed by atoms with van der Waals surface area (Å²) in [5, 5.41) is 1.15. The highest BCUT2D eigenvalue weighted by Gasteiger charge is 2.34. The number of benzene rings is 1. The third-order valence-corrected chi connectivity index (χ3v) is 6.63. The van der Waals surface area contributed by atoms with Gasteiger partial charge in [0.05, 0.1) is 0 Å². The Hall–Kier alpha value is 0.180. The Bertz CT molecular complexity index is 388. The SMILES string of the molecule is CCCCC1CCC(CBr)(Cc2ccc(Br)cc2)CC1. The van der Waals surface area contributed by atoms with E-state index < -0.39 is 0 Å². The third kappa shape index (κ3) is 4.59. The van der Waals surface area contributed by atoms with E-state index in [2.05, 4.69) is 63.0 Å². The fraction of sp³-hybridized carbons (Fsp3) is 0.667. The summed E-state index contributed by atoms with van der Waals surface area (Å²) in [5.41, 5.74) is 1.98. The lowest BCUT2D eigenvalue weighted by Crippen LogP contribution is -2.31. The predicted octanol–water partition coefficient (Wildman–Crippen LogP) is 6.75. The van der Waals surface area contributed by atoms with Crippen LogP contribution >= 0.6 is 31.9 Å². The van der Waals surface area contributed by atoms with Crippen LogP contribution in [0.3, 0.4) is 0 Å². The Morgan fingerprint density at radius 1 is 1.15 bits per heavy atom. The summed E-state index contributed by atoms with van der Waals surface area (Å²) in [6, 6.07) is 8.89. The van der Waals surface area contributed by atoms with Gasteiger partial charge in [0, 0.05) is 9.80 Å². The Balaban J connectivity index is 1.92. The number of hydrogen-bond donors (Lipinski definition) is 0. The first-order valence-corrected chi connectivity index (χ1v) is 9.89. The maximum atomic E-state index is 3.80. The van der Waals surface area contributed by atoms with Gasteiger partial charge < -0.3 is 0 Å². The van der Waals surface area contributed by atoms with Gasteiger partial charge in [-0.3, -0.25) is 0 Å². The molecule has 0 aliphatic heterocycles. The van der Waals surface area contributed by atoms with E-state index in [0.29, 0.717) is 5.41 Å². The molecule has 0 unspecified atom stereocenters. The lowest BCUT2D eigenvalue weighted by atomic mass is 9.68. The van der Waals surface area contributed by atoms with E-state index in [9.17, 15) is 0 Å². The van der Waals surface area contributed by atoms with Crippen LogP contribution in [0.15, 0.2) is 28.7 Å². The Labute approximate surface area is 141 Å². The molecule has 0 spiro atoms. The molecule has 1 saturated carbocycles. The second-order valence-electron chi connectivity index (χ2n) is 6.52. The van der Waals surface area contributed by atoms with E-state index in [1.165, 1.54) is 61.4 Å². The zero-order chi connectivity index (χ0) is 14.4. The second kappa shape index (κ2) is 7.98. The van der Waals surface area contributed by atoms with Crippen LogP contribution in [0, 0.1) is 11.3 Å². The molecule has 1 aromatic rings. The van der Waals surface area contributed by atoms with Crippen molar-refractivity contribution in [2.24, 2.45) is 11.3 Å². The van der Waals surface area contributed by atoms with Crippen LogP contribution in [0.1, 0.15) is 57.4 Å². The molecule has 0 heterocycles. The van der Waals surface area contributed by atoms with Gasteiger partial charge in [-0.05, 0) is 61.1 Å². The van der Waals surface area contributed by atoms with Crippen LogP contribution < -0.4 is 0 Å². The van der Waals surface area contributed by atoms with Gasteiger partial charge in [0.15, 0.2) is 0 Å². The zero-order valence-corrected chi connectivity index (χ0v) is 15.7. The summed E-state index contributed by atoms with van der Waals surface area (Å²) < 4.78 is 1.18. The van der Waals surface area contributed by atoms with Crippen molar-refractivity contribution in [2.75, 3.05) is 5.33 Å². The van der Waals surface area contributed by atoms with E-state index in [1.807, 2.05) is 0 Å². The van der Waals surface area contributed by atoms with Crippen molar-refractivity contribution < 1.29 is 0 Å². The molecule has 0 saturated heterocycles.